The second-order valence-electron chi connectivity index (χ2n) is 4.81. The normalized spacial score (nSPS) is 13.2. The molecular formula is C13H18ClNO2. The molecule has 0 saturated carbocycles. The minimum absolute atomic E-state index is 0.0194. The van der Waals surface area contributed by atoms with Crippen molar-refractivity contribution in [3.63, 3.8) is 0 Å². The van der Waals surface area contributed by atoms with Gasteiger partial charge in [0.2, 0.25) is 5.91 Å². The molecule has 0 aliphatic rings. The Kier molecular flexibility index (Phi) is 4.97. The lowest BCUT2D eigenvalue weighted by Gasteiger charge is -2.22. The van der Waals surface area contributed by atoms with Crippen LogP contribution < -0.4 is 5.32 Å². The summed E-state index contributed by atoms with van der Waals surface area (Å²) in [5.74, 6) is -0.237. The van der Waals surface area contributed by atoms with Crippen LogP contribution in [0.4, 0.5) is 0 Å². The van der Waals surface area contributed by atoms with Crippen LogP contribution in [0.3, 0.4) is 0 Å². The molecule has 0 bridgehead atoms. The predicted octanol–water partition coefficient (Wildman–Crippen LogP) is 2.10. The van der Waals surface area contributed by atoms with E-state index in [4.69, 9.17) is 16.7 Å². The van der Waals surface area contributed by atoms with Crippen LogP contribution in [0.25, 0.3) is 0 Å². The molecule has 0 saturated heterocycles. The Bertz CT molecular complexity index is 365. The highest BCUT2D eigenvalue weighted by Gasteiger charge is 2.21. The zero-order chi connectivity index (χ0) is 12.9. The second kappa shape index (κ2) is 6.03. The Hall–Kier alpha value is -1.06. The maximum atomic E-state index is 11.8. The van der Waals surface area contributed by atoms with E-state index in [1.165, 1.54) is 0 Å². The predicted molar refractivity (Wildman–Crippen MR) is 68.9 cm³/mol. The van der Waals surface area contributed by atoms with E-state index in [1.54, 1.807) is 0 Å². The van der Waals surface area contributed by atoms with Crippen molar-refractivity contribution in [1.82, 2.24) is 5.32 Å². The standard InChI is InChI=1S/C13H18ClNO2/c1-13(2,9-16)8-15-12(17)11(14)10-6-4-3-5-7-10/h3-7,11,16H,8-9H2,1-2H3,(H,15,17). The molecule has 1 unspecified atom stereocenters. The van der Waals surface area contributed by atoms with E-state index < -0.39 is 5.38 Å². The van der Waals surface area contributed by atoms with Crippen molar-refractivity contribution < 1.29 is 9.90 Å². The molecule has 1 rings (SSSR count). The van der Waals surface area contributed by atoms with Gasteiger partial charge in [-0.1, -0.05) is 44.2 Å². The van der Waals surface area contributed by atoms with Crippen molar-refractivity contribution in [2.24, 2.45) is 5.41 Å². The highest BCUT2D eigenvalue weighted by Crippen LogP contribution is 2.20. The van der Waals surface area contributed by atoms with Gasteiger partial charge in [-0.15, -0.1) is 11.6 Å². The molecule has 1 amide bonds. The number of carbonyl (C=O) groups excluding carboxylic acids is 1. The minimum atomic E-state index is -0.689. The monoisotopic (exact) mass is 255 g/mol. The van der Waals surface area contributed by atoms with E-state index in [0.29, 0.717) is 6.54 Å². The molecule has 0 radical (unpaired) electrons. The molecule has 0 fully saturated rings. The first kappa shape index (κ1) is 14.0. The first-order valence-electron chi connectivity index (χ1n) is 5.54. The number of carbonyl (C=O) groups is 1. The van der Waals surface area contributed by atoms with E-state index in [2.05, 4.69) is 5.32 Å². The number of alkyl halides is 1. The number of hydrogen-bond acceptors (Lipinski definition) is 2. The summed E-state index contributed by atoms with van der Waals surface area (Å²) in [7, 11) is 0. The Balaban J connectivity index is 2.54. The van der Waals surface area contributed by atoms with Gasteiger partial charge in [0.15, 0.2) is 0 Å². The molecule has 0 aliphatic carbocycles. The number of benzene rings is 1. The Morgan fingerprint density at radius 2 is 2.00 bits per heavy atom. The molecule has 1 atom stereocenters. The number of aliphatic hydroxyl groups is 1. The lowest BCUT2D eigenvalue weighted by Crippen LogP contribution is -2.37. The van der Waals surface area contributed by atoms with Gasteiger partial charge in [-0.2, -0.15) is 0 Å². The molecule has 0 spiro atoms. The van der Waals surface area contributed by atoms with Crippen LogP contribution in [0, 0.1) is 5.41 Å². The second-order valence-corrected chi connectivity index (χ2v) is 5.25. The third-order valence-corrected chi connectivity index (χ3v) is 2.94. The Morgan fingerprint density at radius 3 is 2.53 bits per heavy atom. The van der Waals surface area contributed by atoms with Gasteiger partial charge in [0.1, 0.15) is 5.38 Å². The molecule has 3 nitrogen and oxygen atoms in total. The molecule has 0 heterocycles. The average Bonchev–Trinajstić information content (AvgIpc) is 2.36. The number of hydrogen-bond donors (Lipinski definition) is 2. The van der Waals surface area contributed by atoms with E-state index in [-0.39, 0.29) is 17.9 Å². The van der Waals surface area contributed by atoms with Gasteiger partial charge in [-0.05, 0) is 5.56 Å². The summed E-state index contributed by atoms with van der Waals surface area (Å²) < 4.78 is 0. The summed E-state index contributed by atoms with van der Waals surface area (Å²) in [6.07, 6.45) is 0. The van der Waals surface area contributed by atoms with Gasteiger partial charge in [0.25, 0.3) is 0 Å². The van der Waals surface area contributed by atoms with Crippen molar-refractivity contribution in [3.05, 3.63) is 35.9 Å². The lowest BCUT2D eigenvalue weighted by atomic mass is 9.95. The van der Waals surface area contributed by atoms with Crippen LogP contribution in [0.5, 0.6) is 0 Å². The molecule has 0 aromatic heterocycles. The Labute approximate surface area is 107 Å². The molecule has 4 heteroatoms. The van der Waals surface area contributed by atoms with Crippen LogP contribution in [0.1, 0.15) is 24.8 Å². The average molecular weight is 256 g/mol. The van der Waals surface area contributed by atoms with Gasteiger partial charge in [0, 0.05) is 18.6 Å². The van der Waals surface area contributed by atoms with E-state index in [1.807, 2.05) is 44.2 Å². The SMILES string of the molecule is CC(C)(CO)CNC(=O)C(Cl)c1ccccc1. The number of rotatable bonds is 5. The lowest BCUT2D eigenvalue weighted by molar-refractivity contribution is -0.121. The molecule has 2 N–H and O–H groups in total. The first-order valence-corrected chi connectivity index (χ1v) is 5.97. The van der Waals surface area contributed by atoms with Gasteiger partial charge in [-0.25, -0.2) is 0 Å². The van der Waals surface area contributed by atoms with Crippen LogP contribution in [0.15, 0.2) is 30.3 Å². The maximum Gasteiger partial charge on any atom is 0.242 e. The zero-order valence-electron chi connectivity index (χ0n) is 10.1. The summed E-state index contributed by atoms with van der Waals surface area (Å²) in [5.41, 5.74) is 0.441. The third kappa shape index (κ3) is 4.36. The van der Waals surface area contributed by atoms with Crippen LogP contribution in [-0.4, -0.2) is 24.2 Å². The smallest absolute Gasteiger partial charge is 0.242 e. The first-order chi connectivity index (χ1) is 7.96. The fourth-order valence-corrected chi connectivity index (χ4v) is 1.47. The fraction of sp³-hybridized carbons (Fsp3) is 0.462. The van der Waals surface area contributed by atoms with Gasteiger partial charge < -0.3 is 10.4 Å². The summed E-state index contributed by atoms with van der Waals surface area (Å²) in [4.78, 5) is 11.8. The van der Waals surface area contributed by atoms with Crippen molar-refractivity contribution in [2.75, 3.05) is 13.2 Å². The quantitative estimate of drug-likeness (QED) is 0.792. The highest BCUT2D eigenvalue weighted by atomic mass is 35.5. The van der Waals surface area contributed by atoms with E-state index in [0.717, 1.165) is 5.56 Å². The van der Waals surface area contributed by atoms with Gasteiger partial charge in [-0.3, -0.25) is 4.79 Å². The molecular weight excluding hydrogens is 238 g/mol. The number of nitrogens with one attached hydrogen (secondary N) is 1. The number of halogens is 1. The van der Waals surface area contributed by atoms with Crippen molar-refractivity contribution in [2.45, 2.75) is 19.2 Å². The fourth-order valence-electron chi connectivity index (χ4n) is 1.25. The Morgan fingerprint density at radius 1 is 1.41 bits per heavy atom. The van der Waals surface area contributed by atoms with Crippen molar-refractivity contribution in [1.29, 1.82) is 0 Å². The summed E-state index contributed by atoms with van der Waals surface area (Å²) in [6, 6.07) is 9.19. The third-order valence-electron chi connectivity index (χ3n) is 2.49. The largest absolute Gasteiger partial charge is 0.396 e. The minimum Gasteiger partial charge on any atom is -0.396 e. The summed E-state index contributed by atoms with van der Waals surface area (Å²) in [6.45, 7) is 4.17. The number of amides is 1. The molecule has 1 aromatic carbocycles. The van der Waals surface area contributed by atoms with Gasteiger partial charge in [0.05, 0.1) is 0 Å². The van der Waals surface area contributed by atoms with Crippen LogP contribution >= 0.6 is 11.6 Å². The van der Waals surface area contributed by atoms with Crippen LogP contribution in [-0.2, 0) is 4.79 Å². The van der Waals surface area contributed by atoms with E-state index >= 15 is 0 Å². The summed E-state index contributed by atoms with van der Waals surface area (Å²) >= 11 is 6.05. The van der Waals surface area contributed by atoms with Crippen molar-refractivity contribution >= 4 is 17.5 Å². The van der Waals surface area contributed by atoms with Crippen molar-refractivity contribution in [3.8, 4) is 0 Å². The molecule has 1 aromatic rings. The molecule has 94 valence electrons. The van der Waals surface area contributed by atoms with Crippen LogP contribution in [0.2, 0.25) is 0 Å². The molecule has 0 aliphatic heterocycles. The number of aliphatic hydroxyl groups excluding tert-OH is 1. The topological polar surface area (TPSA) is 49.3 Å². The zero-order valence-corrected chi connectivity index (χ0v) is 10.9. The highest BCUT2D eigenvalue weighted by molar-refractivity contribution is 6.30. The molecule has 17 heavy (non-hydrogen) atoms. The van der Waals surface area contributed by atoms with E-state index in [9.17, 15) is 4.79 Å². The van der Waals surface area contributed by atoms with Gasteiger partial charge >= 0.3 is 0 Å². The maximum absolute atomic E-state index is 11.8. The summed E-state index contributed by atoms with van der Waals surface area (Å²) in [5, 5.41) is 11.1.